The Balaban J connectivity index is 2.09. The maximum atomic E-state index is 11.9. The third-order valence-corrected chi connectivity index (χ3v) is 4.41. The summed E-state index contributed by atoms with van der Waals surface area (Å²) in [5, 5.41) is 7.14. The Bertz CT molecular complexity index is 573. The zero-order chi connectivity index (χ0) is 15.4. The maximum Gasteiger partial charge on any atom is 0.282 e. The molecule has 1 N–H and O–H groups in total. The lowest BCUT2D eigenvalue weighted by atomic mass is 10.0. The average molecular weight is 357 g/mol. The quantitative estimate of drug-likeness (QED) is 0.885. The number of aromatic nitrogens is 2. The zero-order valence-corrected chi connectivity index (χ0v) is 14.0. The highest BCUT2D eigenvalue weighted by Crippen LogP contribution is 2.24. The van der Waals surface area contributed by atoms with Gasteiger partial charge in [0.1, 0.15) is 4.47 Å². The van der Waals surface area contributed by atoms with Crippen LogP contribution in [0.4, 0.5) is 5.69 Å². The Morgan fingerprint density at radius 1 is 1.57 bits per heavy atom. The number of amides is 1. The van der Waals surface area contributed by atoms with Crippen LogP contribution in [0, 0.1) is 0 Å². The fourth-order valence-corrected chi connectivity index (χ4v) is 3.17. The molecule has 0 saturated carbocycles. The molecule has 0 bridgehead atoms. The van der Waals surface area contributed by atoms with Gasteiger partial charge in [-0.25, -0.2) is 4.68 Å². The number of hydrogen-bond acceptors (Lipinski definition) is 4. The third-order valence-electron chi connectivity index (χ3n) is 3.66. The Labute approximate surface area is 132 Å². The van der Waals surface area contributed by atoms with E-state index < -0.39 is 0 Å². The SMILES string of the molecule is CCCC(=O)NC1CCCN(c2cnn(C)c(=O)c2Br)C1. The third kappa shape index (κ3) is 3.84. The molecule has 7 heteroatoms. The lowest BCUT2D eigenvalue weighted by Crippen LogP contribution is -2.48. The van der Waals surface area contributed by atoms with Gasteiger partial charge in [0.2, 0.25) is 5.91 Å². The fraction of sp³-hybridized carbons (Fsp3) is 0.643. The number of carbonyl (C=O) groups is 1. The van der Waals surface area contributed by atoms with Gasteiger partial charge in [-0.3, -0.25) is 9.59 Å². The van der Waals surface area contributed by atoms with Gasteiger partial charge in [-0.05, 0) is 35.2 Å². The number of aryl methyl sites for hydroxylation is 1. The highest BCUT2D eigenvalue weighted by atomic mass is 79.9. The highest BCUT2D eigenvalue weighted by Gasteiger charge is 2.23. The van der Waals surface area contributed by atoms with Crippen molar-refractivity contribution >= 4 is 27.5 Å². The first-order valence-corrected chi connectivity index (χ1v) is 8.08. The summed E-state index contributed by atoms with van der Waals surface area (Å²) < 4.78 is 1.83. The van der Waals surface area contributed by atoms with E-state index in [2.05, 4.69) is 31.2 Å². The van der Waals surface area contributed by atoms with Gasteiger partial charge in [-0.15, -0.1) is 0 Å². The standard InChI is InChI=1S/C14H21BrN4O2/c1-3-5-12(20)17-10-6-4-7-19(9-10)11-8-16-18(2)14(21)13(11)15/h8,10H,3-7,9H2,1-2H3,(H,17,20). The summed E-state index contributed by atoms with van der Waals surface area (Å²) >= 11 is 3.36. The van der Waals surface area contributed by atoms with E-state index in [-0.39, 0.29) is 17.5 Å². The Kier molecular flexibility index (Phi) is 5.39. The van der Waals surface area contributed by atoms with Gasteiger partial charge in [-0.1, -0.05) is 6.92 Å². The van der Waals surface area contributed by atoms with Crippen LogP contribution >= 0.6 is 15.9 Å². The maximum absolute atomic E-state index is 11.9. The van der Waals surface area contributed by atoms with E-state index >= 15 is 0 Å². The van der Waals surface area contributed by atoms with Gasteiger partial charge < -0.3 is 10.2 Å². The molecule has 0 aromatic carbocycles. The molecule has 21 heavy (non-hydrogen) atoms. The first kappa shape index (κ1) is 16.0. The minimum atomic E-state index is -0.148. The average Bonchev–Trinajstić information content (AvgIpc) is 2.45. The number of rotatable bonds is 4. The second kappa shape index (κ2) is 7.06. The Morgan fingerprint density at radius 3 is 3.05 bits per heavy atom. The molecular formula is C14H21BrN4O2. The van der Waals surface area contributed by atoms with Crippen molar-refractivity contribution < 1.29 is 4.79 Å². The van der Waals surface area contributed by atoms with Crippen molar-refractivity contribution in [3.05, 3.63) is 21.0 Å². The second-order valence-corrected chi connectivity index (χ2v) is 6.17. The van der Waals surface area contributed by atoms with Crippen molar-refractivity contribution in [1.29, 1.82) is 0 Å². The molecule has 1 amide bonds. The monoisotopic (exact) mass is 356 g/mol. The smallest absolute Gasteiger partial charge is 0.282 e. The molecule has 0 aliphatic carbocycles. The van der Waals surface area contributed by atoms with Crippen LogP contribution in [0.15, 0.2) is 15.5 Å². The summed E-state index contributed by atoms with van der Waals surface area (Å²) in [4.78, 5) is 25.8. The van der Waals surface area contributed by atoms with Crippen LogP contribution in [0.25, 0.3) is 0 Å². The molecule has 1 fully saturated rings. The zero-order valence-electron chi connectivity index (χ0n) is 12.4. The minimum absolute atomic E-state index is 0.102. The molecule has 6 nitrogen and oxygen atoms in total. The van der Waals surface area contributed by atoms with E-state index in [0.717, 1.165) is 31.5 Å². The number of hydrogen-bond donors (Lipinski definition) is 1. The summed E-state index contributed by atoms with van der Waals surface area (Å²) in [5.74, 6) is 0.102. The van der Waals surface area contributed by atoms with E-state index in [0.29, 0.717) is 17.4 Å². The molecular weight excluding hydrogens is 336 g/mol. The van der Waals surface area contributed by atoms with Crippen molar-refractivity contribution in [3.8, 4) is 0 Å². The van der Waals surface area contributed by atoms with Gasteiger partial charge in [0, 0.05) is 32.6 Å². The van der Waals surface area contributed by atoms with Gasteiger partial charge in [-0.2, -0.15) is 5.10 Å². The molecule has 1 aliphatic heterocycles. The van der Waals surface area contributed by atoms with Crippen LogP contribution in [-0.2, 0) is 11.8 Å². The van der Waals surface area contributed by atoms with Gasteiger partial charge in [0.15, 0.2) is 0 Å². The van der Waals surface area contributed by atoms with Crippen LogP contribution in [0.3, 0.4) is 0 Å². The van der Waals surface area contributed by atoms with E-state index in [1.807, 2.05) is 6.92 Å². The molecule has 2 rings (SSSR count). The first-order chi connectivity index (χ1) is 10.0. The number of piperidine rings is 1. The van der Waals surface area contributed by atoms with Crippen LogP contribution < -0.4 is 15.8 Å². The van der Waals surface area contributed by atoms with Crippen molar-refractivity contribution in [2.24, 2.45) is 7.05 Å². The summed E-state index contributed by atoms with van der Waals surface area (Å²) in [5.41, 5.74) is 0.650. The van der Waals surface area contributed by atoms with Crippen molar-refractivity contribution in [2.75, 3.05) is 18.0 Å². The summed E-state index contributed by atoms with van der Waals surface area (Å²) in [7, 11) is 1.63. The lowest BCUT2D eigenvalue weighted by Gasteiger charge is -2.35. The van der Waals surface area contributed by atoms with Crippen LogP contribution in [0.1, 0.15) is 32.6 Å². The fourth-order valence-electron chi connectivity index (χ4n) is 2.56. The number of halogens is 1. The second-order valence-electron chi connectivity index (χ2n) is 5.38. The highest BCUT2D eigenvalue weighted by molar-refractivity contribution is 9.10. The predicted molar refractivity (Wildman–Crippen MR) is 85.5 cm³/mol. The normalized spacial score (nSPS) is 18.6. The molecule has 1 atom stereocenters. The van der Waals surface area contributed by atoms with E-state index in [4.69, 9.17) is 0 Å². The topological polar surface area (TPSA) is 67.2 Å². The summed E-state index contributed by atoms with van der Waals surface area (Å²) in [6, 6.07) is 0.133. The predicted octanol–water partition coefficient (Wildman–Crippen LogP) is 1.43. The molecule has 0 spiro atoms. The number of nitrogens with one attached hydrogen (secondary N) is 1. The van der Waals surface area contributed by atoms with E-state index in [1.54, 1.807) is 13.2 Å². The Morgan fingerprint density at radius 2 is 2.33 bits per heavy atom. The molecule has 2 heterocycles. The van der Waals surface area contributed by atoms with Crippen LogP contribution in [-0.4, -0.2) is 34.8 Å². The molecule has 1 unspecified atom stereocenters. The van der Waals surface area contributed by atoms with Gasteiger partial charge in [0.25, 0.3) is 5.56 Å². The number of nitrogens with zero attached hydrogens (tertiary/aromatic N) is 3. The molecule has 1 saturated heterocycles. The summed E-state index contributed by atoms with van der Waals surface area (Å²) in [6.07, 6.45) is 5.07. The van der Waals surface area contributed by atoms with Crippen molar-refractivity contribution in [3.63, 3.8) is 0 Å². The van der Waals surface area contributed by atoms with Crippen LogP contribution in [0.2, 0.25) is 0 Å². The van der Waals surface area contributed by atoms with Gasteiger partial charge >= 0.3 is 0 Å². The molecule has 1 aliphatic rings. The van der Waals surface area contributed by atoms with Crippen molar-refractivity contribution in [1.82, 2.24) is 15.1 Å². The van der Waals surface area contributed by atoms with Gasteiger partial charge in [0.05, 0.1) is 11.9 Å². The Hall–Kier alpha value is -1.37. The largest absolute Gasteiger partial charge is 0.367 e. The minimum Gasteiger partial charge on any atom is -0.367 e. The number of anilines is 1. The lowest BCUT2D eigenvalue weighted by molar-refractivity contribution is -0.121. The number of carbonyl (C=O) groups excluding carboxylic acids is 1. The molecule has 0 radical (unpaired) electrons. The van der Waals surface area contributed by atoms with E-state index in [9.17, 15) is 9.59 Å². The molecule has 1 aromatic rings. The first-order valence-electron chi connectivity index (χ1n) is 7.29. The van der Waals surface area contributed by atoms with Crippen LogP contribution in [0.5, 0.6) is 0 Å². The molecule has 1 aromatic heterocycles. The van der Waals surface area contributed by atoms with E-state index in [1.165, 1.54) is 4.68 Å². The summed E-state index contributed by atoms with van der Waals surface area (Å²) in [6.45, 7) is 3.58. The molecule has 116 valence electrons. The van der Waals surface area contributed by atoms with Crippen molar-refractivity contribution in [2.45, 2.75) is 38.6 Å².